The van der Waals surface area contributed by atoms with E-state index in [0.717, 1.165) is 45.5 Å². The van der Waals surface area contributed by atoms with Crippen molar-refractivity contribution in [2.45, 2.75) is 33.6 Å². The molecule has 4 atom stereocenters. The smallest absolute Gasteiger partial charge is 0.330 e. The van der Waals surface area contributed by atoms with Gasteiger partial charge in [-0.05, 0) is 39.5 Å². The minimum absolute atomic E-state index is 0.0410. The van der Waals surface area contributed by atoms with Gasteiger partial charge in [0.1, 0.15) is 17.3 Å². The van der Waals surface area contributed by atoms with Gasteiger partial charge in [-0.25, -0.2) is 9.59 Å². The van der Waals surface area contributed by atoms with Crippen molar-refractivity contribution < 1.29 is 24.1 Å². The van der Waals surface area contributed by atoms with Gasteiger partial charge >= 0.3 is 11.7 Å². The summed E-state index contributed by atoms with van der Waals surface area (Å²) in [7, 11) is 0. The number of nitrogens with zero attached hydrogens (tertiary/aromatic N) is 1. The van der Waals surface area contributed by atoms with E-state index in [1.807, 2.05) is 182 Å². The second-order valence-electron chi connectivity index (χ2n) is 14.4. The van der Waals surface area contributed by atoms with Gasteiger partial charge in [0, 0.05) is 12.3 Å². The van der Waals surface area contributed by atoms with Crippen LogP contribution in [0.2, 0.25) is 0 Å². The summed E-state index contributed by atoms with van der Waals surface area (Å²) in [4.78, 5) is 40.8. The van der Waals surface area contributed by atoms with E-state index in [1.54, 1.807) is 0 Å². The highest BCUT2D eigenvalue weighted by Gasteiger charge is 2.52. The zero-order chi connectivity index (χ0) is 41.5. The lowest BCUT2D eigenvalue weighted by Crippen LogP contribution is -2.44. The molecule has 2 N–H and O–H groups in total. The summed E-state index contributed by atoms with van der Waals surface area (Å²) in [6.45, 7) is 0.0571. The van der Waals surface area contributed by atoms with E-state index in [4.69, 9.17) is 14.2 Å². The van der Waals surface area contributed by atoms with Crippen molar-refractivity contribution in [1.82, 2.24) is 9.55 Å². The molecule has 60 heavy (non-hydrogen) atoms. The van der Waals surface area contributed by atoms with Crippen molar-refractivity contribution in [1.29, 1.82) is 0 Å². The molecule has 6 aromatic carbocycles. The predicted molar refractivity (Wildman–Crippen MR) is 239 cm³/mol. The van der Waals surface area contributed by atoms with Gasteiger partial charge in [-0.2, -0.15) is 0 Å². The van der Waals surface area contributed by atoms with E-state index < -0.39 is 50.8 Å². The Morgan fingerprint density at radius 1 is 0.650 bits per heavy atom. The average Bonchev–Trinajstić information content (AvgIpc) is 3.60. The van der Waals surface area contributed by atoms with Crippen LogP contribution in [0.3, 0.4) is 0 Å². The molecule has 2 heterocycles. The highest BCUT2D eigenvalue weighted by Crippen LogP contribution is 2.48. The lowest BCUT2D eigenvalue weighted by atomic mass is 9.79. The maximum atomic E-state index is 13.9. The van der Waals surface area contributed by atoms with Gasteiger partial charge in [-0.3, -0.25) is 14.3 Å². The summed E-state index contributed by atoms with van der Waals surface area (Å²) in [5.41, 5.74) is 1.49. The molecule has 0 bridgehead atoms. The first-order chi connectivity index (χ1) is 29.3. The molecule has 0 amide bonds. The number of H-pyrrole nitrogens is 1. The Morgan fingerprint density at radius 3 is 1.42 bits per heavy atom. The Labute approximate surface area is 360 Å². The quantitative estimate of drug-likeness (QED) is 0.0485. The van der Waals surface area contributed by atoms with Crippen LogP contribution in [0.5, 0.6) is 0 Å². The number of rotatable bonds is 14. The Bertz CT molecular complexity index is 2470. The second kappa shape index (κ2) is 18.0. The number of aromatic nitrogens is 2. The van der Waals surface area contributed by atoms with Crippen LogP contribution in [0.1, 0.15) is 45.2 Å². The van der Waals surface area contributed by atoms with E-state index in [2.05, 4.69) is 27.6 Å². The summed E-state index contributed by atoms with van der Waals surface area (Å²) in [6.07, 6.45) is 0.679. The van der Waals surface area contributed by atoms with E-state index >= 15 is 0 Å². The minimum Gasteiger partial charge on any atom is -0.478 e. The fraction of sp³-hybridized carbons (Fsp3) is 0.140. The standard InChI is InChI=1S/C50H41IN2O7/c51-44-42(34-58-49(36-19-7-1-8-20-36,37-21-9-2-10-22-37)38-23-11-3-12-24-38)59-47(53-33-35(31-32-43(54)55)46(56)52-48(53)57)45(44)60-50(39-25-13-4-14-26-39,40-27-15-5-16-28-40)41-29-17-6-18-30-41/h1-33,42,44-45,47H,34H2,(H,54,55)(H,52,56,57)/t42-,44?,45?,47-/m0/s1. The van der Waals surface area contributed by atoms with Crippen LogP contribution in [-0.4, -0.2) is 43.4 Å². The third-order valence-corrected chi connectivity index (χ3v) is 12.3. The Hall–Kier alpha value is -6.18. The van der Waals surface area contributed by atoms with Gasteiger partial charge in [-0.1, -0.05) is 205 Å². The number of carbonyl (C=O) groups is 1. The Morgan fingerprint density at radius 2 is 1.03 bits per heavy atom. The molecule has 1 saturated heterocycles. The number of carboxylic acids is 1. The fourth-order valence-corrected chi connectivity index (χ4v) is 8.93. The highest BCUT2D eigenvalue weighted by molar-refractivity contribution is 14.1. The van der Waals surface area contributed by atoms with Crippen LogP contribution in [0.4, 0.5) is 0 Å². The molecular formula is C50H41IN2O7. The number of aliphatic carboxylic acids is 1. The van der Waals surface area contributed by atoms with Crippen molar-refractivity contribution in [3.63, 3.8) is 0 Å². The van der Waals surface area contributed by atoms with Crippen LogP contribution in [0.15, 0.2) is 204 Å². The van der Waals surface area contributed by atoms with Crippen molar-refractivity contribution in [3.8, 4) is 0 Å². The molecule has 0 aliphatic carbocycles. The Kier molecular flexibility index (Phi) is 12.2. The van der Waals surface area contributed by atoms with Crippen LogP contribution in [-0.2, 0) is 30.2 Å². The molecule has 0 spiro atoms. The number of aromatic amines is 1. The Balaban J connectivity index is 1.29. The van der Waals surface area contributed by atoms with Crippen molar-refractivity contribution >= 4 is 34.6 Å². The summed E-state index contributed by atoms with van der Waals surface area (Å²) >= 11 is 2.34. The largest absolute Gasteiger partial charge is 0.478 e. The fourth-order valence-electron chi connectivity index (χ4n) is 8.05. The SMILES string of the molecule is O=C(O)C=Cc1cn([C@H]2O[C@@H](COC(c3ccccc3)(c3ccccc3)c3ccccc3)C(I)C2OC(c2ccccc2)(c2ccccc2)c2ccccc2)c(=O)[nH]c1=O. The average molecular weight is 909 g/mol. The van der Waals surface area contributed by atoms with Crippen molar-refractivity contribution in [2.75, 3.05) is 6.61 Å². The summed E-state index contributed by atoms with van der Waals surface area (Å²) in [5, 5.41) is 9.41. The van der Waals surface area contributed by atoms with E-state index in [9.17, 15) is 19.5 Å². The first kappa shape index (κ1) is 40.6. The van der Waals surface area contributed by atoms with Crippen molar-refractivity contribution in [3.05, 3.63) is 254 Å². The van der Waals surface area contributed by atoms with Crippen LogP contribution in [0.25, 0.3) is 6.08 Å². The molecule has 1 aliphatic rings. The minimum atomic E-state index is -1.24. The van der Waals surface area contributed by atoms with Gasteiger partial charge < -0.3 is 19.3 Å². The monoisotopic (exact) mass is 908 g/mol. The normalized spacial score (nSPS) is 18.1. The van der Waals surface area contributed by atoms with Gasteiger partial charge in [0.2, 0.25) is 0 Å². The lowest BCUT2D eigenvalue weighted by Gasteiger charge is -2.40. The molecule has 1 fully saturated rings. The highest BCUT2D eigenvalue weighted by atomic mass is 127. The van der Waals surface area contributed by atoms with E-state index in [1.165, 1.54) is 10.8 Å². The zero-order valence-corrected chi connectivity index (χ0v) is 34.4. The van der Waals surface area contributed by atoms with Crippen LogP contribution in [0, 0.1) is 0 Å². The molecule has 0 radical (unpaired) electrons. The van der Waals surface area contributed by atoms with Crippen molar-refractivity contribution in [2.24, 2.45) is 0 Å². The van der Waals surface area contributed by atoms with Gasteiger partial charge in [0.15, 0.2) is 6.23 Å². The maximum absolute atomic E-state index is 13.9. The number of hydrogen-bond donors (Lipinski definition) is 2. The zero-order valence-electron chi connectivity index (χ0n) is 32.3. The molecule has 2 unspecified atom stereocenters. The van der Waals surface area contributed by atoms with E-state index in [0.29, 0.717) is 0 Å². The first-order valence-electron chi connectivity index (χ1n) is 19.5. The number of ether oxygens (including phenoxy) is 3. The van der Waals surface area contributed by atoms with Gasteiger partial charge in [0.25, 0.3) is 5.56 Å². The molecule has 10 heteroatoms. The number of halogens is 1. The second-order valence-corrected chi connectivity index (χ2v) is 15.8. The molecule has 1 aliphatic heterocycles. The molecule has 1 aromatic heterocycles. The number of benzene rings is 6. The third kappa shape index (κ3) is 7.94. The van der Waals surface area contributed by atoms with Crippen LogP contribution < -0.4 is 11.2 Å². The number of alkyl halides is 1. The first-order valence-corrected chi connectivity index (χ1v) is 20.8. The molecule has 8 rings (SSSR count). The van der Waals surface area contributed by atoms with E-state index in [-0.39, 0.29) is 12.2 Å². The lowest BCUT2D eigenvalue weighted by molar-refractivity contribution is -0.131. The molecular weight excluding hydrogens is 867 g/mol. The number of carboxylic acid groups (broad SMARTS) is 1. The van der Waals surface area contributed by atoms with Gasteiger partial charge in [0.05, 0.1) is 22.2 Å². The molecule has 0 saturated carbocycles. The third-order valence-electron chi connectivity index (χ3n) is 10.8. The predicted octanol–water partition coefficient (Wildman–Crippen LogP) is 8.72. The summed E-state index contributed by atoms with van der Waals surface area (Å²) in [5.74, 6) is -1.24. The maximum Gasteiger partial charge on any atom is 0.330 e. The topological polar surface area (TPSA) is 120 Å². The van der Waals surface area contributed by atoms with Gasteiger partial charge in [-0.15, -0.1) is 0 Å². The number of hydrogen-bond acceptors (Lipinski definition) is 6. The van der Waals surface area contributed by atoms with Crippen LogP contribution >= 0.6 is 22.6 Å². The summed E-state index contributed by atoms with van der Waals surface area (Å²) in [6, 6.07) is 59.8. The molecule has 9 nitrogen and oxygen atoms in total. The summed E-state index contributed by atoms with van der Waals surface area (Å²) < 4.78 is 22.7. The molecule has 7 aromatic rings. The molecule has 300 valence electrons. The number of nitrogens with one attached hydrogen (secondary N) is 1.